The van der Waals surface area contributed by atoms with Crippen molar-refractivity contribution in [3.63, 3.8) is 0 Å². The van der Waals surface area contributed by atoms with Crippen molar-refractivity contribution >= 4 is 5.91 Å². The molecular formula is C17H26N2O2. The predicted octanol–water partition coefficient (Wildman–Crippen LogP) is 2.00. The van der Waals surface area contributed by atoms with E-state index >= 15 is 0 Å². The molecule has 0 bridgehead atoms. The number of ether oxygens (including phenoxy) is 1. The first-order chi connectivity index (χ1) is 10.1. The Labute approximate surface area is 127 Å². The zero-order valence-corrected chi connectivity index (χ0v) is 13.3. The number of nitrogens with one attached hydrogen (secondary N) is 1. The number of carbonyl (C=O) groups is 1. The molecule has 4 heteroatoms. The van der Waals surface area contributed by atoms with E-state index in [0.717, 1.165) is 25.1 Å². The highest BCUT2D eigenvalue weighted by Crippen LogP contribution is 2.24. The van der Waals surface area contributed by atoms with Gasteiger partial charge >= 0.3 is 0 Å². The first-order valence-electron chi connectivity index (χ1n) is 7.72. The quantitative estimate of drug-likeness (QED) is 0.871. The first kappa shape index (κ1) is 16.0. The number of methoxy groups -OCH3 is 1. The number of rotatable bonds is 6. The molecule has 1 atom stereocenters. The third-order valence-corrected chi connectivity index (χ3v) is 3.82. The van der Waals surface area contributed by atoms with Gasteiger partial charge in [0.25, 0.3) is 0 Å². The van der Waals surface area contributed by atoms with Crippen molar-refractivity contribution in [1.82, 2.24) is 10.2 Å². The van der Waals surface area contributed by atoms with Crippen molar-refractivity contribution in [2.45, 2.75) is 26.3 Å². The second-order valence-corrected chi connectivity index (χ2v) is 6.01. The fraction of sp³-hybridized carbons (Fsp3) is 0.588. The first-order valence-corrected chi connectivity index (χ1v) is 7.72. The summed E-state index contributed by atoms with van der Waals surface area (Å²) < 4.78 is 5.15. The molecule has 1 aromatic carbocycles. The lowest BCUT2D eigenvalue weighted by molar-refractivity contribution is -0.135. The zero-order chi connectivity index (χ0) is 15.2. The van der Waals surface area contributed by atoms with E-state index in [1.807, 2.05) is 17.0 Å². The Balaban J connectivity index is 2.16. The van der Waals surface area contributed by atoms with Crippen LogP contribution < -0.4 is 5.32 Å². The van der Waals surface area contributed by atoms with Gasteiger partial charge in [0.05, 0.1) is 6.61 Å². The predicted molar refractivity (Wildman–Crippen MR) is 84.2 cm³/mol. The molecule has 1 N–H and O–H groups in total. The van der Waals surface area contributed by atoms with Gasteiger partial charge in [-0.1, -0.05) is 38.1 Å². The molecule has 0 spiro atoms. The standard InChI is InChI=1S/C17H26N2O2/c1-13(2)12-19(10-11-21-3)17(20)16-15-7-5-4-6-14(15)8-9-18-16/h4-7,13,16,18H,8-12H2,1-3H3. The van der Waals surface area contributed by atoms with Gasteiger partial charge in [0.15, 0.2) is 0 Å². The van der Waals surface area contributed by atoms with Gasteiger partial charge in [-0.3, -0.25) is 4.79 Å². The highest BCUT2D eigenvalue weighted by atomic mass is 16.5. The fourth-order valence-electron chi connectivity index (χ4n) is 2.84. The van der Waals surface area contributed by atoms with E-state index in [2.05, 4.69) is 31.3 Å². The van der Waals surface area contributed by atoms with Gasteiger partial charge in [-0.15, -0.1) is 0 Å². The highest BCUT2D eigenvalue weighted by Gasteiger charge is 2.29. The van der Waals surface area contributed by atoms with Crippen LogP contribution in [0.3, 0.4) is 0 Å². The Bertz CT molecular complexity index is 474. The van der Waals surface area contributed by atoms with E-state index in [0.29, 0.717) is 19.1 Å². The molecule has 116 valence electrons. The van der Waals surface area contributed by atoms with E-state index in [1.54, 1.807) is 7.11 Å². The number of hydrogen-bond donors (Lipinski definition) is 1. The van der Waals surface area contributed by atoms with Gasteiger partial charge in [-0.05, 0) is 23.5 Å². The smallest absolute Gasteiger partial charge is 0.244 e. The molecule has 2 rings (SSSR count). The van der Waals surface area contributed by atoms with E-state index < -0.39 is 0 Å². The van der Waals surface area contributed by atoms with Crippen LogP contribution >= 0.6 is 0 Å². The lowest BCUT2D eigenvalue weighted by Crippen LogP contribution is -2.46. The highest BCUT2D eigenvalue weighted by molar-refractivity contribution is 5.84. The molecule has 0 saturated carbocycles. The van der Waals surface area contributed by atoms with Crippen LogP contribution in [0, 0.1) is 5.92 Å². The van der Waals surface area contributed by atoms with Gasteiger partial charge in [0.2, 0.25) is 5.91 Å². The molecule has 0 aromatic heterocycles. The molecule has 0 fully saturated rings. The number of amides is 1. The SMILES string of the molecule is COCCN(CC(C)C)C(=O)C1NCCc2ccccc21. The number of fused-ring (bicyclic) bond motifs is 1. The molecule has 0 radical (unpaired) electrons. The third kappa shape index (κ3) is 4.05. The van der Waals surface area contributed by atoms with Crippen molar-refractivity contribution in [3.05, 3.63) is 35.4 Å². The summed E-state index contributed by atoms with van der Waals surface area (Å²) in [6, 6.07) is 8.02. The maximum Gasteiger partial charge on any atom is 0.244 e. The largest absolute Gasteiger partial charge is 0.383 e. The Hall–Kier alpha value is -1.39. The summed E-state index contributed by atoms with van der Waals surface area (Å²) in [5.41, 5.74) is 2.41. The lowest BCUT2D eigenvalue weighted by atomic mass is 9.93. The van der Waals surface area contributed by atoms with Gasteiger partial charge in [-0.2, -0.15) is 0 Å². The van der Waals surface area contributed by atoms with Gasteiger partial charge in [0.1, 0.15) is 6.04 Å². The fourth-order valence-corrected chi connectivity index (χ4v) is 2.84. The van der Waals surface area contributed by atoms with Gasteiger partial charge < -0.3 is 15.0 Å². The Morgan fingerprint density at radius 2 is 2.19 bits per heavy atom. The van der Waals surface area contributed by atoms with Crippen molar-refractivity contribution in [2.24, 2.45) is 5.92 Å². The molecule has 0 saturated heterocycles. The van der Waals surface area contributed by atoms with Gasteiger partial charge in [-0.25, -0.2) is 0 Å². The maximum absolute atomic E-state index is 12.9. The molecule has 1 aliphatic rings. The third-order valence-electron chi connectivity index (χ3n) is 3.82. The number of carbonyl (C=O) groups excluding carboxylic acids is 1. The summed E-state index contributed by atoms with van der Waals surface area (Å²) in [7, 11) is 1.67. The molecule has 1 heterocycles. The second kappa shape index (κ2) is 7.57. The van der Waals surface area contributed by atoms with Gasteiger partial charge in [0, 0.05) is 26.7 Å². The van der Waals surface area contributed by atoms with Crippen LogP contribution in [0.5, 0.6) is 0 Å². The van der Waals surface area contributed by atoms with Crippen molar-refractivity contribution in [1.29, 1.82) is 0 Å². The monoisotopic (exact) mass is 290 g/mol. The number of hydrogen-bond acceptors (Lipinski definition) is 3. The van der Waals surface area contributed by atoms with Crippen LogP contribution in [-0.2, 0) is 16.0 Å². The lowest BCUT2D eigenvalue weighted by Gasteiger charge is -2.32. The van der Waals surface area contributed by atoms with Crippen LogP contribution in [0.15, 0.2) is 24.3 Å². The molecule has 4 nitrogen and oxygen atoms in total. The Morgan fingerprint density at radius 1 is 1.43 bits per heavy atom. The molecule has 0 aliphatic carbocycles. The molecule has 1 unspecified atom stereocenters. The normalized spacial score (nSPS) is 17.6. The summed E-state index contributed by atoms with van der Waals surface area (Å²) in [4.78, 5) is 14.8. The van der Waals surface area contributed by atoms with Crippen LogP contribution in [-0.4, -0.2) is 44.2 Å². The van der Waals surface area contributed by atoms with E-state index in [1.165, 1.54) is 5.56 Å². The average Bonchev–Trinajstić information content (AvgIpc) is 2.50. The van der Waals surface area contributed by atoms with E-state index in [9.17, 15) is 4.79 Å². The minimum atomic E-state index is -0.217. The summed E-state index contributed by atoms with van der Waals surface area (Å²) in [6.45, 7) is 7.11. The molecule has 1 aliphatic heterocycles. The van der Waals surface area contributed by atoms with Crippen LogP contribution in [0.2, 0.25) is 0 Å². The van der Waals surface area contributed by atoms with E-state index in [4.69, 9.17) is 4.74 Å². The second-order valence-electron chi connectivity index (χ2n) is 6.01. The topological polar surface area (TPSA) is 41.6 Å². The van der Waals surface area contributed by atoms with Crippen LogP contribution in [0.1, 0.15) is 31.0 Å². The van der Waals surface area contributed by atoms with Crippen molar-refractivity contribution in [2.75, 3.05) is 33.4 Å². The van der Waals surface area contributed by atoms with Crippen LogP contribution in [0.4, 0.5) is 0 Å². The Morgan fingerprint density at radius 3 is 2.90 bits per heavy atom. The summed E-state index contributed by atoms with van der Waals surface area (Å²) >= 11 is 0. The summed E-state index contributed by atoms with van der Waals surface area (Å²) in [5, 5.41) is 3.37. The molecule has 1 amide bonds. The summed E-state index contributed by atoms with van der Waals surface area (Å²) in [5.74, 6) is 0.609. The van der Waals surface area contributed by atoms with Crippen LogP contribution in [0.25, 0.3) is 0 Å². The summed E-state index contributed by atoms with van der Waals surface area (Å²) in [6.07, 6.45) is 0.988. The average molecular weight is 290 g/mol. The Kier molecular flexibility index (Phi) is 5.76. The minimum Gasteiger partial charge on any atom is -0.383 e. The molecular weight excluding hydrogens is 264 g/mol. The molecule has 1 aromatic rings. The van der Waals surface area contributed by atoms with Crippen molar-refractivity contribution in [3.8, 4) is 0 Å². The van der Waals surface area contributed by atoms with Crippen molar-refractivity contribution < 1.29 is 9.53 Å². The molecule has 21 heavy (non-hydrogen) atoms. The minimum absolute atomic E-state index is 0.160. The van der Waals surface area contributed by atoms with E-state index in [-0.39, 0.29) is 11.9 Å². The zero-order valence-electron chi connectivity index (χ0n) is 13.3. The number of benzene rings is 1. The number of nitrogens with zero attached hydrogens (tertiary/aromatic N) is 1. The maximum atomic E-state index is 12.9.